The van der Waals surface area contributed by atoms with Crippen LogP contribution in [0.25, 0.3) is 0 Å². The predicted molar refractivity (Wildman–Crippen MR) is 84.9 cm³/mol. The Balaban J connectivity index is 2.12. The summed E-state index contributed by atoms with van der Waals surface area (Å²) in [6, 6.07) is 0. The van der Waals surface area contributed by atoms with E-state index >= 15 is 0 Å². The van der Waals surface area contributed by atoms with Crippen LogP contribution in [0.5, 0.6) is 0 Å². The first-order valence-electron chi connectivity index (χ1n) is 8.51. The molecule has 1 N–H and O–H groups in total. The van der Waals surface area contributed by atoms with Gasteiger partial charge in [-0.05, 0) is 44.7 Å². The van der Waals surface area contributed by atoms with E-state index in [-0.39, 0.29) is 0 Å². The van der Waals surface area contributed by atoms with E-state index in [1.807, 2.05) is 6.20 Å². The number of nitrogens with zero attached hydrogens (tertiary/aromatic N) is 2. The molecule has 20 heavy (non-hydrogen) atoms. The smallest absolute Gasteiger partial charge is 0.112 e. The molecule has 1 aromatic rings. The van der Waals surface area contributed by atoms with Gasteiger partial charge < -0.3 is 9.88 Å². The number of rotatable bonds is 7. The third-order valence-electron chi connectivity index (χ3n) is 4.88. The van der Waals surface area contributed by atoms with Gasteiger partial charge in [0.1, 0.15) is 5.82 Å². The molecule has 1 aliphatic rings. The lowest BCUT2D eigenvalue weighted by molar-refractivity contribution is 0.211. The first-order valence-corrected chi connectivity index (χ1v) is 8.51. The van der Waals surface area contributed by atoms with Gasteiger partial charge in [0.15, 0.2) is 0 Å². The van der Waals surface area contributed by atoms with E-state index in [0.717, 1.165) is 31.5 Å². The van der Waals surface area contributed by atoms with Gasteiger partial charge in [0.05, 0.1) is 0 Å². The average molecular weight is 277 g/mol. The van der Waals surface area contributed by atoms with Crippen molar-refractivity contribution in [2.45, 2.75) is 65.3 Å². The normalized spacial score (nSPS) is 26.9. The van der Waals surface area contributed by atoms with Crippen molar-refractivity contribution >= 4 is 0 Å². The lowest BCUT2D eigenvalue weighted by atomic mass is 9.72. The minimum atomic E-state index is 0.647. The highest BCUT2D eigenvalue weighted by Crippen LogP contribution is 2.41. The van der Waals surface area contributed by atoms with Gasteiger partial charge in [0.2, 0.25) is 0 Å². The molecule has 0 aliphatic heterocycles. The van der Waals surface area contributed by atoms with Crippen molar-refractivity contribution < 1.29 is 0 Å². The molecule has 0 radical (unpaired) electrons. The molecular weight excluding hydrogens is 246 g/mol. The van der Waals surface area contributed by atoms with Crippen LogP contribution in [0.2, 0.25) is 0 Å². The molecule has 0 aromatic carbocycles. The van der Waals surface area contributed by atoms with Crippen LogP contribution in [-0.2, 0) is 6.54 Å². The zero-order valence-electron chi connectivity index (χ0n) is 13.4. The Morgan fingerprint density at radius 1 is 1.30 bits per heavy atom. The second-order valence-corrected chi connectivity index (χ2v) is 6.21. The number of hydrogen-bond donors (Lipinski definition) is 1. The molecule has 1 aromatic heterocycles. The number of aromatic nitrogens is 2. The first-order chi connectivity index (χ1) is 9.80. The van der Waals surface area contributed by atoms with Crippen LogP contribution >= 0.6 is 0 Å². The molecule has 1 heterocycles. The van der Waals surface area contributed by atoms with Gasteiger partial charge in [-0.2, -0.15) is 0 Å². The molecule has 0 saturated heterocycles. The minimum Gasteiger partial charge on any atom is -0.335 e. The third-order valence-corrected chi connectivity index (χ3v) is 4.88. The summed E-state index contributed by atoms with van der Waals surface area (Å²) in [6.45, 7) is 9.99. The highest BCUT2D eigenvalue weighted by Gasteiger charge is 2.33. The number of hydrogen-bond acceptors (Lipinski definition) is 2. The molecule has 0 spiro atoms. The van der Waals surface area contributed by atoms with Gasteiger partial charge in [0, 0.05) is 24.9 Å². The molecule has 1 aliphatic carbocycles. The summed E-state index contributed by atoms with van der Waals surface area (Å²) < 4.78 is 2.35. The van der Waals surface area contributed by atoms with E-state index in [1.165, 1.54) is 37.9 Å². The van der Waals surface area contributed by atoms with Crippen LogP contribution in [-0.4, -0.2) is 22.6 Å². The molecule has 3 unspecified atom stereocenters. The zero-order valence-corrected chi connectivity index (χ0v) is 13.4. The van der Waals surface area contributed by atoms with Crippen LogP contribution < -0.4 is 5.32 Å². The lowest BCUT2D eigenvalue weighted by Gasteiger charge is -2.36. The topological polar surface area (TPSA) is 29.9 Å². The highest BCUT2D eigenvalue weighted by atomic mass is 15.1. The Hall–Kier alpha value is -0.830. The Kier molecular flexibility index (Phi) is 6.08. The largest absolute Gasteiger partial charge is 0.335 e. The Bertz CT molecular complexity index is 385. The second-order valence-electron chi connectivity index (χ2n) is 6.21. The van der Waals surface area contributed by atoms with Crippen LogP contribution in [0.1, 0.15) is 64.6 Å². The number of aryl methyl sites for hydroxylation is 1. The molecule has 1 fully saturated rings. The van der Waals surface area contributed by atoms with Gasteiger partial charge in [-0.3, -0.25) is 0 Å². The maximum atomic E-state index is 4.70. The van der Waals surface area contributed by atoms with Crippen molar-refractivity contribution in [2.24, 2.45) is 11.8 Å². The van der Waals surface area contributed by atoms with Crippen LogP contribution in [0.15, 0.2) is 12.4 Å². The van der Waals surface area contributed by atoms with Gasteiger partial charge in [-0.25, -0.2) is 4.98 Å². The van der Waals surface area contributed by atoms with Crippen molar-refractivity contribution in [1.82, 2.24) is 14.9 Å². The van der Waals surface area contributed by atoms with Gasteiger partial charge >= 0.3 is 0 Å². The second kappa shape index (κ2) is 7.82. The summed E-state index contributed by atoms with van der Waals surface area (Å²) in [5.74, 6) is 3.64. The molecule has 2 rings (SSSR count). The maximum absolute atomic E-state index is 4.70. The van der Waals surface area contributed by atoms with Crippen molar-refractivity contribution in [3.8, 4) is 0 Å². The summed E-state index contributed by atoms with van der Waals surface area (Å²) in [5, 5.41) is 3.56. The maximum Gasteiger partial charge on any atom is 0.112 e. The quantitative estimate of drug-likeness (QED) is 0.821. The number of imidazole rings is 1. The van der Waals surface area contributed by atoms with E-state index in [2.05, 4.69) is 36.9 Å². The van der Waals surface area contributed by atoms with Crippen molar-refractivity contribution in [3.63, 3.8) is 0 Å². The van der Waals surface area contributed by atoms with Crippen molar-refractivity contribution in [1.29, 1.82) is 0 Å². The standard InChI is InChI=1S/C17H31N3/c1-4-7-14-8-9-15(13-18-5-2)16(12-14)17-19-10-11-20(17)6-3/h10-11,14-16,18H,4-9,12-13H2,1-3H3. The Morgan fingerprint density at radius 3 is 2.85 bits per heavy atom. The highest BCUT2D eigenvalue weighted by molar-refractivity contribution is 5.05. The zero-order chi connectivity index (χ0) is 14.4. The fraction of sp³-hybridized carbons (Fsp3) is 0.824. The molecular formula is C17H31N3. The van der Waals surface area contributed by atoms with E-state index in [9.17, 15) is 0 Å². The summed E-state index contributed by atoms with van der Waals surface area (Å²) in [7, 11) is 0. The summed E-state index contributed by atoms with van der Waals surface area (Å²) in [5.41, 5.74) is 0. The number of nitrogens with one attached hydrogen (secondary N) is 1. The fourth-order valence-electron chi connectivity index (χ4n) is 3.80. The van der Waals surface area contributed by atoms with E-state index in [4.69, 9.17) is 4.98 Å². The van der Waals surface area contributed by atoms with E-state index in [1.54, 1.807) is 0 Å². The van der Waals surface area contributed by atoms with E-state index < -0.39 is 0 Å². The van der Waals surface area contributed by atoms with Crippen LogP contribution in [0.4, 0.5) is 0 Å². The van der Waals surface area contributed by atoms with Crippen LogP contribution in [0.3, 0.4) is 0 Å². The van der Waals surface area contributed by atoms with Crippen molar-refractivity contribution in [3.05, 3.63) is 18.2 Å². The molecule has 1 saturated carbocycles. The average Bonchev–Trinajstić information content (AvgIpc) is 2.94. The fourth-order valence-corrected chi connectivity index (χ4v) is 3.80. The molecule has 0 amide bonds. The predicted octanol–water partition coefficient (Wildman–Crippen LogP) is 3.81. The minimum absolute atomic E-state index is 0.647. The van der Waals surface area contributed by atoms with Gasteiger partial charge in [-0.15, -0.1) is 0 Å². The lowest BCUT2D eigenvalue weighted by Crippen LogP contribution is -2.33. The van der Waals surface area contributed by atoms with Gasteiger partial charge in [-0.1, -0.05) is 33.1 Å². The first kappa shape index (κ1) is 15.6. The Morgan fingerprint density at radius 2 is 2.15 bits per heavy atom. The SMILES string of the molecule is CCCC1CCC(CNCC)C(c2nccn2CC)C1. The molecule has 114 valence electrons. The summed E-state index contributed by atoms with van der Waals surface area (Å²) in [6.07, 6.45) is 10.9. The van der Waals surface area contributed by atoms with Crippen LogP contribution in [0, 0.1) is 11.8 Å². The third kappa shape index (κ3) is 3.63. The molecule has 0 bridgehead atoms. The van der Waals surface area contributed by atoms with Gasteiger partial charge in [0.25, 0.3) is 0 Å². The monoisotopic (exact) mass is 277 g/mol. The van der Waals surface area contributed by atoms with Crippen molar-refractivity contribution in [2.75, 3.05) is 13.1 Å². The summed E-state index contributed by atoms with van der Waals surface area (Å²) >= 11 is 0. The Labute approximate surface area is 124 Å². The molecule has 3 nitrogen and oxygen atoms in total. The summed E-state index contributed by atoms with van der Waals surface area (Å²) in [4.78, 5) is 4.70. The van der Waals surface area contributed by atoms with E-state index in [0.29, 0.717) is 5.92 Å². The molecule has 3 atom stereocenters. The molecule has 3 heteroatoms.